The number of anilines is 2. The summed E-state index contributed by atoms with van der Waals surface area (Å²) < 4.78 is 0. The number of hydrogen-bond donors (Lipinski definition) is 0. The van der Waals surface area contributed by atoms with Crippen LogP contribution in [0.4, 0.5) is 11.4 Å². The third kappa shape index (κ3) is 5.15. The lowest BCUT2D eigenvalue weighted by Crippen LogP contribution is -2.17. The lowest BCUT2D eigenvalue weighted by atomic mass is 9.94. The summed E-state index contributed by atoms with van der Waals surface area (Å²) in [5.74, 6) is 0. The molecule has 0 saturated carbocycles. The van der Waals surface area contributed by atoms with Crippen molar-refractivity contribution in [2.45, 2.75) is 47.5 Å². The Balaban J connectivity index is 1.96. The summed E-state index contributed by atoms with van der Waals surface area (Å²) in [6.07, 6.45) is 2.08. The average molecular weight is 446 g/mol. The Morgan fingerprint density at radius 3 is 1.21 bits per heavy atom. The van der Waals surface area contributed by atoms with Crippen molar-refractivity contribution in [2.75, 3.05) is 4.90 Å². The van der Waals surface area contributed by atoms with Gasteiger partial charge in [-0.15, -0.1) is 0 Å². The Morgan fingerprint density at radius 2 is 0.882 bits per heavy atom. The van der Waals surface area contributed by atoms with Gasteiger partial charge >= 0.3 is 0 Å². The Labute approximate surface area is 205 Å². The van der Waals surface area contributed by atoms with Gasteiger partial charge in [-0.05, 0) is 80.1 Å². The van der Waals surface area contributed by atoms with Crippen molar-refractivity contribution in [1.29, 1.82) is 0 Å². The Morgan fingerprint density at radius 1 is 0.529 bits per heavy atom. The van der Waals surface area contributed by atoms with Crippen molar-refractivity contribution in [1.82, 2.24) is 0 Å². The van der Waals surface area contributed by atoms with E-state index in [-0.39, 0.29) is 0 Å². The predicted octanol–water partition coefficient (Wildman–Crippen LogP) is 9.05. The number of nitrogens with zero attached hydrogens (tertiary/aromatic N) is 1. The predicted molar refractivity (Wildman–Crippen MR) is 148 cm³/mol. The van der Waals surface area contributed by atoms with E-state index >= 15 is 0 Å². The first-order valence-corrected chi connectivity index (χ1v) is 12.3. The summed E-state index contributed by atoms with van der Waals surface area (Å²) in [6, 6.07) is 35.7. The van der Waals surface area contributed by atoms with Crippen molar-refractivity contribution in [3.05, 3.63) is 136 Å². The van der Waals surface area contributed by atoms with E-state index in [1.165, 1.54) is 56.0 Å². The summed E-state index contributed by atoms with van der Waals surface area (Å²) in [4.78, 5) is 2.40. The summed E-state index contributed by atoms with van der Waals surface area (Å²) in [5.41, 5.74) is 12.5. The lowest BCUT2D eigenvalue weighted by Gasteiger charge is -2.29. The highest BCUT2D eigenvalue weighted by Gasteiger charge is 2.18. The van der Waals surface area contributed by atoms with E-state index < -0.39 is 0 Å². The van der Waals surface area contributed by atoms with E-state index in [9.17, 15) is 0 Å². The minimum atomic E-state index is 1.04. The van der Waals surface area contributed by atoms with Gasteiger partial charge in [-0.25, -0.2) is 0 Å². The summed E-state index contributed by atoms with van der Waals surface area (Å²) in [7, 11) is 0. The normalized spacial score (nSPS) is 10.7. The van der Waals surface area contributed by atoms with Crippen LogP contribution in [0.1, 0.15) is 54.2 Å². The van der Waals surface area contributed by atoms with Gasteiger partial charge < -0.3 is 4.90 Å². The molecule has 0 unspecified atom stereocenters. The molecule has 4 aromatic carbocycles. The highest BCUT2D eigenvalue weighted by molar-refractivity contribution is 5.87. The number of hydrogen-bond acceptors (Lipinski definition) is 1. The van der Waals surface area contributed by atoms with Crippen LogP contribution in [0.3, 0.4) is 0 Å². The van der Waals surface area contributed by atoms with Crippen LogP contribution in [0.5, 0.6) is 0 Å². The third-order valence-electron chi connectivity index (χ3n) is 6.58. The fourth-order valence-corrected chi connectivity index (χ4v) is 4.43. The SMILES string of the molecule is CCc1ccc(N(C(C)=C(c2ccc(C)cc2)c2ccc(C)cc2)c2ccc(CC)cc2)cc1. The molecule has 0 aromatic heterocycles. The number of allylic oxidation sites excluding steroid dienone is 1. The highest BCUT2D eigenvalue weighted by Crippen LogP contribution is 2.37. The molecule has 0 heterocycles. The third-order valence-corrected chi connectivity index (χ3v) is 6.58. The molecule has 1 heteroatoms. The van der Waals surface area contributed by atoms with Crippen LogP contribution in [0.25, 0.3) is 5.57 Å². The Hall–Kier alpha value is -3.58. The van der Waals surface area contributed by atoms with Crippen molar-refractivity contribution in [2.24, 2.45) is 0 Å². The average Bonchev–Trinajstić information content (AvgIpc) is 2.87. The van der Waals surface area contributed by atoms with Crippen molar-refractivity contribution >= 4 is 16.9 Å². The molecular weight excluding hydrogens is 410 g/mol. The first-order chi connectivity index (χ1) is 16.5. The van der Waals surface area contributed by atoms with Crippen molar-refractivity contribution < 1.29 is 0 Å². The van der Waals surface area contributed by atoms with Gasteiger partial charge in [0.05, 0.1) is 0 Å². The van der Waals surface area contributed by atoms with Gasteiger partial charge in [-0.3, -0.25) is 0 Å². The van der Waals surface area contributed by atoms with Crippen LogP contribution >= 0.6 is 0 Å². The standard InChI is InChI=1S/C33H35N/c1-6-27-12-20-31(21-13-27)34(32-22-14-28(7-2)15-23-32)26(5)33(29-16-8-24(3)9-17-29)30-18-10-25(4)11-19-30/h8-23H,6-7H2,1-5H3. The molecule has 0 fully saturated rings. The zero-order chi connectivity index (χ0) is 24.1. The second-order valence-electron chi connectivity index (χ2n) is 9.07. The second kappa shape index (κ2) is 10.6. The van der Waals surface area contributed by atoms with Gasteiger partial charge in [0, 0.05) is 22.6 Å². The van der Waals surface area contributed by atoms with E-state index in [0.717, 1.165) is 12.8 Å². The van der Waals surface area contributed by atoms with Crippen LogP contribution < -0.4 is 4.90 Å². The molecule has 0 aliphatic carbocycles. The molecule has 0 atom stereocenters. The van der Waals surface area contributed by atoms with Gasteiger partial charge in [0.2, 0.25) is 0 Å². The molecule has 0 bridgehead atoms. The molecule has 0 radical (unpaired) electrons. The molecule has 4 rings (SSSR count). The molecule has 4 aromatic rings. The zero-order valence-corrected chi connectivity index (χ0v) is 21.1. The topological polar surface area (TPSA) is 3.24 Å². The van der Waals surface area contributed by atoms with Gasteiger partial charge in [0.25, 0.3) is 0 Å². The van der Waals surface area contributed by atoms with Crippen LogP contribution in [0.15, 0.2) is 103 Å². The van der Waals surface area contributed by atoms with E-state index in [1.54, 1.807) is 0 Å². The van der Waals surface area contributed by atoms with Crippen molar-refractivity contribution in [3.63, 3.8) is 0 Å². The molecule has 0 saturated heterocycles. The summed E-state index contributed by atoms with van der Waals surface area (Å²) >= 11 is 0. The fraction of sp³-hybridized carbons (Fsp3) is 0.212. The van der Waals surface area contributed by atoms with Crippen LogP contribution in [-0.2, 0) is 12.8 Å². The Kier molecular flexibility index (Phi) is 7.33. The molecular formula is C33H35N. The number of rotatable bonds is 7. The number of benzene rings is 4. The molecule has 0 amide bonds. The largest absolute Gasteiger partial charge is 0.314 e. The van der Waals surface area contributed by atoms with Crippen LogP contribution in [-0.4, -0.2) is 0 Å². The molecule has 1 nitrogen and oxygen atoms in total. The van der Waals surface area contributed by atoms with Crippen LogP contribution in [0, 0.1) is 13.8 Å². The van der Waals surface area contributed by atoms with Gasteiger partial charge in [-0.1, -0.05) is 97.8 Å². The maximum atomic E-state index is 2.40. The minimum absolute atomic E-state index is 1.04. The quantitative estimate of drug-likeness (QED) is 0.274. The highest BCUT2D eigenvalue weighted by atomic mass is 15.1. The maximum Gasteiger partial charge on any atom is 0.0458 e. The van der Waals surface area contributed by atoms with Gasteiger partial charge in [-0.2, -0.15) is 0 Å². The second-order valence-corrected chi connectivity index (χ2v) is 9.07. The Bertz CT molecular complexity index is 1150. The van der Waals surface area contributed by atoms with Crippen molar-refractivity contribution in [3.8, 4) is 0 Å². The van der Waals surface area contributed by atoms with Gasteiger partial charge in [0.1, 0.15) is 0 Å². The molecule has 172 valence electrons. The smallest absolute Gasteiger partial charge is 0.0458 e. The molecule has 0 aliphatic rings. The van der Waals surface area contributed by atoms with E-state index in [2.05, 4.69) is 137 Å². The summed E-state index contributed by atoms with van der Waals surface area (Å²) in [5, 5.41) is 0. The zero-order valence-electron chi connectivity index (χ0n) is 21.1. The fourth-order valence-electron chi connectivity index (χ4n) is 4.43. The number of aryl methyl sites for hydroxylation is 4. The summed E-state index contributed by atoms with van der Waals surface area (Å²) in [6.45, 7) is 10.9. The van der Waals surface area contributed by atoms with Crippen LogP contribution in [0.2, 0.25) is 0 Å². The van der Waals surface area contributed by atoms with E-state index in [4.69, 9.17) is 0 Å². The first-order valence-electron chi connectivity index (χ1n) is 12.3. The van der Waals surface area contributed by atoms with E-state index in [1.807, 2.05) is 0 Å². The molecule has 0 N–H and O–H groups in total. The lowest BCUT2D eigenvalue weighted by molar-refractivity contribution is 1.11. The first kappa shape index (κ1) is 23.6. The monoisotopic (exact) mass is 445 g/mol. The molecule has 0 aliphatic heterocycles. The maximum absolute atomic E-state index is 2.40. The minimum Gasteiger partial charge on any atom is -0.314 e. The molecule has 0 spiro atoms. The molecule has 34 heavy (non-hydrogen) atoms. The van der Waals surface area contributed by atoms with Gasteiger partial charge in [0.15, 0.2) is 0 Å². The van der Waals surface area contributed by atoms with E-state index in [0.29, 0.717) is 0 Å².